The minimum Gasteiger partial charge on any atom is -0.503 e. The Hall–Kier alpha value is -0.980. The smallest absolute Gasteiger partial charge is 0.238 e. The number of nitrogens with two attached hydrogens (primary N) is 1. The van der Waals surface area contributed by atoms with E-state index in [-0.39, 0.29) is 28.0 Å². The van der Waals surface area contributed by atoms with Gasteiger partial charge in [-0.25, -0.2) is 13.6 Å². The van der Waals surface area contributed by atoms with Crippen LogP contribution in [-0.4, -0.2) is 20.1 Å². The van der Waals surface area contributed by atoms with Gasteiger partial charge in [-0.15, -0.1) is 0 Å². The van der Waals surface area contributed by atoms with Gasteiger partial charge in [0.05, 0.1) is 16.5 Å². The summed E-state index contributed by atoms with van der Waals surface area (Å²) in [7, 11) is -3.86. The van der Waals surface area contributed by atoms with Crippen molar-refractivity contribution >= 4 is 21.6 Å². The lowest BCUT2D eigenvalue weighted by Crippen LogP contribution is -2.12. The lowest BCUT2D eigenvalue weighted by atomic mass is 10.3. The van der Waals surface area contributed by atoms with E-state index in [1.165, 1.54) is 0 Å². The van der Waals surface area contributed by atoms with Crippen molar-refractivity contribution in [2.75, 3.05) is 6.61 Å². The number of ether oxygens (including phenoxy) is 1. The van der Waals surface area contributed by atoms with Gasteiger partial charge in [-0.1, -0.05) is 11.6 Å². The van der Waals surface area contributed by atoms with Crippen LogP contribution in [0.4, 0.5) is 0 Å². The van der Waals surface area contributed by atoms with Gasteiger partial charge >= 0.3 is 0 Å². The molecule has 3 N–H and O–H groups in total. The lowest BCUT2D eigenvalue weighted by Gasteiger charge is -2.08. The predicted octanol–water partition coefficient (Wildman–Crippen LogP) is 1.09. The summed E-state index contributed by atoms with van der Waals surface area (Å²) in [4.78, 5) is -0.200. The van der Waals surface area contributed by atoms with Crippen molar-refractivity contribution in [2.24, 2.45) is 5.14 Å². The molecule has 0 radical (unpaired) electrons. The van der Waals surface area contributed by atoms with E-state index in [1.54, 1.807) is 6.92 Å². The second-order valence-electron chi connectivity index (χ2n) is 2.73. The molecule has 1 rings (SSSR count). The van der Waals surface area contributed by atoms with Gasteiger partial charge in [0.2, 0.25) is 10.0 Å². The molecule has 0 unspecified atom stereocenters. The molecular weight excluding hydrogens is 242 g/mol. The van der Waals surface area contributed by atoms with Gasteiger partial charge in [0.1, 0.15) is 0 Å². The summed E-state index contributed by atoms with van der Waals surface area (Å²) >= 11 is 5.61. The first kappa shape index (κ1) is 12.1. The van der Waals surface area contributed by atoms with Gasteiger partial charge < -0.3 is 9.84 Å². The molecule has 7 heteroatoms. The molecule has 0 saturated carbocycles. The highest BCUT2D eigenvalue weighted by Crippen LogP contribution is 2.36. The molecule has 0 spiro atoms. The van der Waals surface area contributed by atoms with E-state index in [2.05, 4.69) is 0 Å². The highest BCUT2D eigenvalue weighted by Gasteiger charge is 2.15. The van der Waals surface area contributed by atoms with Crippen molar-refractivity contribution in [3.63, 3.8) is 0 Å². The molecule has 0 aliphatic rings. The summed E-state index contributed by atoms with van der Waals surface area (Å²) in [5.74, 6) is -0.306. The minimum atomic E-state index is -3.86. The van der Waals surface area contributed by atoms with Crippen LogP contribution in [0.1, 0.15) is 6.92 Å². The number of hydrogen-bond donors (Lipinski definition) is 2. The van der Waals surface area contributed by atoms with E-state index in [0.717, 1.165) is 12.1 Å². The number of benzene rings is 1. The number of hydrogen-bond acceptors (Lipinski definition) is 4. The van der Waals surface area contributed by atoms with Crippen LogP contribution in [0.15, 0.2) is 17.0 Å². The average Bonchev–Trinajstić information content (AvgIpc) is 2.11. The second-order valence-corrected chi connectivity index (χ2v) is 4.70. The van der Waals surface area contributed by atoms with Crippen LogP contribution in [0.3, 0.4) is 0 Å². The first-order valence-corrected chi connectivity index (χ1v) is 5.96. The maximum absolute atomic E-state index is 11.0. The van der Waals surface area contributed by atoms with E-state index >= 15 is 0 Å². The first-order chi connectivity index (χ1) is 6.86. The van der Waals surface area contributed by atoms with Gasteiger partial charge in [0.25, 0.3) is 0 Å². The Labute approximate surface area is 92.5 Å². The maximum Gasteiger partial charge on any atom is 0.238 e. The van der Waals surface area contributed by atoms with Gasteiger partial charge in [-0.3, -0.25) is 0 Å². The quantitative estimate of drug-likeness (QED) is 0.842. The third-order valence-corrected chi connectivity index (χ3v) is 2.81. The Morgan fingerprint density at radius 2 is 2.13 bits per heavy atom. The minimum absolute atomic E-state index is 0.00553. The normalized spacial score (nSPS) is 11.4. The molecular formula is C8H10ClNO4S. The van der Waals surface area contributed by atoms with Crippen molar-refractivity contribution in [2.45, 2.75) is 11.8 Å². The summed E-state index contributed by atoms with van der Waals surface area (Å²) < 4.78 is 27.1. The molecule has 0 bridgehead atoms. The zero-order valence-corrected chi connectivity index (χ0v) is 9.47. The van der Waals surface area contributed by atoms with E-state index in [1.807, 2.05) is 0 Å². The Morgan fingerprint density at radius 1 is 1.53 bits per heavy atom. The van der Waals surface area contributed by atoms with Crippen LogP contribution in [-0.2, 0) is 10.0 Å². The Morgan fingerprint density at radius 3 is 2.60 bits per heavy atom. The zero-order chi connectivity index (χ0) is 11.6. The van der Waals surface area contributed by atoms with E-state index in [0.29, 0.717) is 0 Å². The largest absolute Gasteiger partial charge is 0.503 e. The third-order valence-electron chi connectivity index (χ3n) is 1.63. The van der Waals surface area contributed by atoms with Crippen LogP contribution in [0, 0.1) is 0 Å². The molecule has 0 aliphatic heterocycles. The molecule has 1 aromatic carbocycles. The number of sulfonamides is 1. The molecule has 0 atom stereocenters. The lowest BCUT2D eigenvalue weighted by molar-refractivity contribution is 0.317. The van der Waals surface area contributed by atoms with Crippen molar-refractivity contribution in [1.29, 1.82) is 0 Å². The fourth-order valence-corrected chi connectivity index (χ4v) is 1.81. The van der Waals surface area contributed by atoms with Crippen molar-refractivity contribution in [3.05, 3.63) is 17.2 Å². The number of phenols is 1. The maximum atomic E-state index is 11.0. The van der Waals surface area contributed by atoms with Crippen molar-refractivity contribution < 1.29 is 18.3 Å². The fraction of sp³-hybridized carbons (Fsp3) is 0.250. The number of rotatable bonds is 3. The number of halogens is 1. The SMILES string of the molecule is CCOc1cc(S(N)(=O)=O)cc(Cl)c1O. The summed E-state index contributed by atoms with van der Waals surface area (Å²) in [5.41, 5.74) is 0. The second kappa shape index (κ2) is 4.26. The Balaban J connectivity index is 3.36. The van der Waals surface area contributed by atoms with Gasteiger partial charge in [-0.2, -0.15) is 0 Å². The number of phenolic OH excluding ortho intramolecular Hbond substituents is 1. The molecule has 0 amide bonds. The summed E-state index contributed by atoms with van der Waals surface area (Å²) in [6, 6.07) is 2.19. The summed E-state index contributed by atoms with van der Waals surface area (Å²) in [5, 5.41) is 14.2. The van der Waals surface area contributed by atoms with Gasteiger partial charge in [-0.05, 0) is 13.0 Å². The van der Waals surface area contributed by atoms with Gasteiger partial charge in [0, 0.05) is 6.07 Å². The molecule has 0 heterocycles. The van der Waals surface area contributed by atoms with Crippen LogP contribution in [0.5, 0.6) is 11.5 Å². The van der Waals surface area contributed by atoms with E-state index in [9.17, 15) is 13.5 Å². The topological polar surface area (TPSA) is 89.6 Å². The fourth-order valence-electron chi connectivity index (χ4n) is 0.980. The highest BCUT2D eigenvalue weighted by molar-refractivity contribution is 7.89. The van der Waals surface area contributed by atoms with E-state index < -0.39 is 10.0 Å². The zero-order valence-electron chi connectivity index (χ0n) is 7.90. The van der Waals surface area contributed by atoms with Crippen LogP contribution in [0.2, 0.25) is 5.02 Å². The monoisotopic (exact) mass is 251 g/mol. The van der Waals surface area contributed by atoms with Crippen LogP contribution >= 0.6 is 11.6 Å². The highest BCUT2D eigenvalue weighted by atomic mass is 35.5. The Bertz CT molecular complexity index is 472. The molecule has 0 fully saturated rings. The molecule has 0 aromatic heterocycles. The molecule has 5 nitrogen and oxygen atoms in total. The molecule has 0 saturated heterocycles. The van der Waals surface area contributed by atoms with Gasteiger partial charge in [0.15, 0.2) is 11.5 Å². The molecule has 0 aliphatic carbocycles. The third kappa shape index (κ3) is 2.74. The first-order valence-electron chi connectivity index (χ1n) is 4.04. The predicted molar refractivity (Wildman–Crippen MR) is 55.7 cm³/mol. The average molecular weight is 252 g/mol. The van der Waals surface area contributed by atoms with Crippen LogP contribution in [0.25, 0.3) is 0 Å². The van der Waals surface area contributed by atoms with Crippen molar-refractivity contribution in [1.82, 2.24) is 0 Å². The molecule has 84 valence electrons. The summed E-state index contributed by atoms with van der Waals surface area (Å²) in [6.45, 7) is 1.97. The van der Waals surface area contributed by atoms with Crippen molar-refractivity contribution in [3.8, 4) is 11.5 Å². The van der Waals surface area contributed by atoms with Crippen LogP contribution < -0.4 is 9.88 Å². The standard InChI is InChI=1S/C8H10ClNO4S/c1-2-14-7-4-5(15(10,12)13)3-6(9)8(7)11/h3-4,11H,2H2,1H3,(H2,10,12,13). The Kier molecular flexibility index (Phi) is 3.43. The summed E-state index contributed by atoms with van der Waals surface area (Å²) in [6.07, 6.45) is 0. The van der Waals surface area contributed by atoms with E-state index in [4.69, 9.17) is 21.5 Å². The molecule has 15 heavy (non-hydrogen) atoms. The number of primary sulfonamides is 1. The number of aromatic hydroxyl groups is 1. The molecule has 1 aromatic rings.